The second kappa shape index (κ2) is 4.21. The summed E-state index contributed by atoms with van der Waals surface area (Å²) in [5.74, 6) is -0.0365. The van der Waals surface area contributed by atoms with E-state index in [2.05, 4.69) is 11.1 Å². The average molecular weight is 232 g/mol. The molecule has 2 rings (SSSR count). The van der Waals surface area contributed by atoms with Gasteiger partial charge in [0.1, 0.15) is 5.69 Å². The molecule has 0 radical (unpaired) electrons. The number of carbonyl (C=O) groups is 1. The Labute approximate surface area is 101 Å². The molecule has 0 unspecified atom stereocenters. The Bertz CT molecular complexity index is 463. The van der Waals surface area contributed by atoms with Gasteiger partial charge in [0, 0.05) is 26.3 Å². The van der Waals surface area contributed by atoms with Crippen molar-refractivity contribution in [2.24, 2.45) is 12.5 Å². The maximum absolute atomic E-state index is 12.1. The van der Waals surface area contributed by atoms with Crippen LogP contribution in [0.2, 0.25) is 0 Å². The van der Waals surface area contributed by atoms with Crippen molar-refractivity contribution in [3.05, 3.63) is 18.2 Å². The van der Waals surface area contributed by atoms with E-state index >= 15 is 0 Å². The van der Waals surface area contributed by atoms with E-state index in [0.717, 1.165) is 12.8 Å². The number of carbonyl (C=O) groups excluding carboxylic acids is 1. The largest absolute Gasteiger partial charge is 0.340 e. The molecule has 2 heterocycles. The summed E-state index contributed by atoms with van der Waals surface area (Å²) < 4.78 is 1.76. The third kappa shape index (κ3) is 2.31. The van der Waals surface area contributed by atoms with Gasteiger partial charge in [0.2, 0.25) is 0 Å². The van der Waals surface area contributed by atoms with Crippen LogP contribution in [0.15, 0.2) is 12.5 Å². The lowest BCUT2D eigenvalue weighted by molar-refractivity contribution is 0.0656. The first kappa shape index (κ1) is 11.6. The lowest BCUT2D eigenvalue weighted by Crippen LogP contribution is -2.41. The van der Waals surface area contributed by atoms with Gasteiger partial charge in [0.05, 0.1) is 17.8 Å². The number of hydrogen-bond donors (Lipinski definition) is 0. The molecule has 5 heteroatoms. The monoisotopic (exact) mass is 232 g/mol. The minimum atomic E-state index is -0.277. The van der Waals surface area contributed by atoms with Crippen molar-refractivity contribution in [2.75, 3.05) is 13.1 Å². The average Bonchev–Trinajstić information content (AvgIpc) is 2.76. The number of nitriles is 1. The van der Waals surface area contributed by atoms with Gasteiger partial charge >= 0.3 is 0 Å². The van der Waals surface area contributed by atoms with Crippen molar-refractivity contribution < 1.29 is 4.79 Å². The van der Waals surface area contributed by atoms with E-state index in [4.69, 9.17) is 5.26 Å². The lowest BCUT2D eigenvalue weighted by atomic mass is 9.82. The van der Waals surface area contributed by atoms with Crippen molar-refractivity contribution >= 4 is 5.91 Å². The van der Waals surface area contributed by atoms with E-state index in [1.807, 2.05) is 14.0 Å². The molecule has 17 heavy (non-hydrogen) atoms. The first-order valence-electron chi connectivity index (χ1n) is 5.72. The maximum atomic E-state index is 12.1. The van der Waals surface area contributed by atoms with Gasteiger partial charge < -0.3 is 9.47 Å². The summed E-state index contributed by atoms with van der Waals surface area (Å²) in [6.45, 7) is 3.23. The minimum Gasteiger partial charge on any atom is -0.340 e. The summed E-state index contributed by atoms with van der Waals surface area (Å²) in [6, 6.07) is 2.33. The fourth-order valence-corrected chi connectivity index (χ4v) is 2.00. The molecule has 5 nitrogen and oxygen atoms in total. The third-order valence-corrected chi connectivity index (χ3v) is 3.35. The molecular formula is C12H16N4O. The van der Waals surface area contributed by atoms with Crippen LogP contribution in [0.5, 0.6) is 0 Å². The first-order chi connectivity index (χ1) is 8.04. The molecule has 0 saturated carbocycles. The molecule has 1 saturated heterocycles. The highest BCUT2D eigenvalue weighted by atomic mass is 16.2. The lowest BCUT2D eigenvalue weighted by Gasteiger charge is -2.34. The number of aromatic nitrogens is 2. The Morgan fingerprint density at radius 3 is 2.65 bits per heavy atom. The molecule has 0 spiro atoms. The Hall–Kier alpha value is -1.83. The highest BCUT2D eigenvalue weighted by Crippen LogP contribution is 2.30. The molecule has 0 aromatic carbocycles. The summed E-state index contributed by atoms with van der Waals surface area (Å²) in [7, 11) is 1.84. The van der Waals surface area contributed by atoms with Gasteiger partial charge in [-0.3, -0.25) is 4.79 Å². The van der Waals surface area contributed by atoms with Crippen molar-refractivity contribution in [3.8, 4) is 6.07 Å². The fraction of sp³-hybridized carbons (Fsp3) is 0.583. The van der Waals surface area contributed by atoms with Gasteiger partial charge in [-0.25, -0.2) is 4.98 Å². The van der Waals surface area contributed by atoms with Gasteiger partial charge in [0.15, 0.2) is 0 Å². The van der Waals surface area contributed by atoms with Crippen LogP contribution in [-0.2, 0) is 7.05 Å². The first-order valence-corrected chi connectivity index (χ1v) is 5.72. The van der Waals surface area contributed by atoms with Crippen molar-refractivity contribution in [3.63, 3.8) is 0 Å². The molecule has 0 atom stereocenters. The summed E-state index contributed by atoms with van der Waals surface area (Å²) in [5.41, 5.74) is 0.203. The van der Waals surface area contributed by atoms with Crippen LogP contribution in [-0.4, -0.2) is 33.4 Å². The summed E-state index contributed by atoms with van der Waals surface area (Å²) in [6.07, 6.45) is 4.82. The van der Waals surface area contributed by atoms with Crippen LogP contribution in [0.1, 0.15) is 30.3 Å². The highest BCUT2D eigenvalue weighted by molar-refractivity contribution is 5.92. The number of likely N-dealkylation sites (tertiary alicyclic amines) is 1. The molecule has 0 N–H and O–H groups in total. The van der Waals surface area contributed by atoms with Crippen LogP contribution in [0.25, 0.3) is 0 Å². The Morgan fingerprint density at radius 1 is 1.53 bits per heavy atom. The highest BCUT2D eigenvalue weighted by Gasteiger charge is 2.32. The molecular weight excluding hydrogens is 216 g/mol. The molecule has 1 fully saturated rings. The number of piperidine rings is 1. The number of aryl methyl sites for hydroxylation is 1. The zero-order valence-corrected chi connectivity index (χ0v) is 10.2. The standard InChI is InChI=1S/C12H16N4O/c1-12(8-13)3-5-16(6-4-12)11(17)10-7-15(2)9-14-10/h7,9H,3-6H2,1-2H3. The quantitative estimate of drug-likeness (QED) is 0.730. The van der Waals surface area contributed by atoms with Gasteiger partial charge in [-0.2, -0.15) is 5.26 Å². The van der Waals surface area contributed by atoms with Crippen LogP contribution >= 0.6 is 0 Å². The van der Waals surface area contributed by atoms with Crippen molar-refractivity contribution in [1.29, 1.82) is 5.26 Å². The SMILES string of the molecule is Cn1cnc(C(=O)N2CCC(C)(C#N)CC2)c1. The minimum absolute atomic E-state index is 0.0365. The number of amides is 1. The topological polar surface area (TPSA) is 61.9 Å². The molecule has 0 bridgehead atoms. The van der Waals surface area contributed by atoms with E-state index in [9.17, 15) is 4.79 Å². The number of rotatable bonds is 1. The molecule has 1 amide bonds. The summed E-state index contributed by atoms with van der Waals surface area (Å²) in [5, 5.41) is 9.03. The van der Waals surface area contributed by atoms with Gasteiger partial charge in [-0.15, -0.1) is 0 Å². The number of imidazole rings is 1. The number of hydrogen-bond acceptors (Lipinski definition) is 3. The second-order valence-corrected chi connectivity index (χ2v) is 4.89. The maximum Gasteiger partial charge on any atom is 0.274 e. The predicted octanol–water partition coefficient (Wildman–Crippen LogP) is 1.19. The van der Waals surface area contributed by atoms with E-state index < -0.39 is 0 Å². The van der Waals surface area contributed by atoms with E-state index in [0.29, 0.717) is 18.8 Å². The summed E-state index contributed by atoms with van der Waals surface area (Å²) in [4.78, 5) is 17.9. The normalized spacial score (nSPS) is 18.8. The molecule has 1 aromatic rings. The Morgan fingerprint density at radius 2 is 2.18 bits per heavy atom. The number of nitrogens with zero attached hydrogens (tertiary/aromatic N) is 4. The van der Waals surface area contributed by atoms with Crippen LogP contribution in [0.3, 0.4) is 0 Å². The Kier molecular flexibility index (Phi) is 2.88. The van der Waals surface area contributed by atoms with Gasteiger partial charge in [-0.05, 0) is 19.8 Å². The summed E-state index contributed by atoms with van der Waals surface area (Å²) >= 11 is 0. The predicted molar refractivity (Wildman–Crippen MR) is 62.1 cm³/mol. The fourth-order valence-electron chi connectivity index (χ4n) is 2.00. The zero-order valence-electron chi connectivity index (χ0n) is 10.2. The van der Waals surface area contributed by atoms with Crippen molar-refractivity contribution in [2.45, 2.75) is 19.8 Å². The molecule has 1 aliphatic rings. The second-order valence-electron chi connectivity index (χ2n) is 4.89. The van der Waals surface area contributed by atoms with Crippen LogP contribution in [0.4, 0.5) is 0 Å². The molecule has 1 aromatic heterocycles. The van der Waals surface area contributed by atoms with E-state index in [1.165, 1.54) is 0 Å². The van der Waals surface area contributed by atoms with Gasteiger partial charge in [-0.1, -0.05) is 0 Å². The molecule has 0 aliphatic carbocycles. The molecule has 1 aliphatic heterocycles. The van der Waals surface area contributed by atoms with Crippen molar-refractivity contribution in [1.82, 2.24) is 14.5 Å². The Balaban J connectivity index is 2.02. The smallest absolute Gasteiger partial charge is 0.274 e. The van der Waals surface area contributed by atoms with E-state index in [-0.39, 0.29) is 11.3 Å². The van der Waals surface area contributed by atoms with Gasteiger partial charge in [0.25, 0.3) is 5.91 Å². The molecule has 90 valence electrons. The van der Waals surface area contributed by atoms with Crippen LogP contribution in [0, 0.1) is 16.7 Å². The van der Waals surface area contributed by atoms with E-state index in [1.54, 1.807) is 22.0 Å². The third-order valence-electron chi connectivity index (χ3n) is 3.35. The zero-order chi connectivity index (χ0) is 12.5. The van der Waals surface area contributed by atoms with Crippen LogP contribution < -0.4 is 0 Å².